The minimum atomic E-state index is -4.41. The fourth-order valence-corrected chi connectivity index (χ4v) is 4.35. The van der Waals surface area contributed by atoms with Crippen molar-refractivity contribution < 1.29 is 47.6 Å². The van der Waals surface area contributed by atoms with Crippen molar-refractivity contribution in [3.63, 3.8) is 0 Å². The van der Waals surface area contributed by atoms with E-state index in [1.165, 1.54) is 102 Å². The zero-order chi connectivity index (χ0) is 21.4. The topological polar surface area (TPSA) is 77.4 Å². The van der Waals surface area contributed by atoms with Crippen molar-refractivity contribution in [3.05, 3.63) is 23.8 Å². The maximum Gasteiger partial charge on any atom is 1.00 e. The summed E-state index contributed by atoms with van der Waals surface area (Å²) in [4.78, 5) is -0.534. The van der Waals surface area contributed by atoms with Gasteiger partial charge in [0.15, 0.2) is 0 Å². The van der Waals surface area contributed by atoms with Gasteiger partial charge in [0.1, 0.15) is 0 Å². The molecular weight excluding hydrogens is 407 g/mol. The Balaban J connectivity index is 0.00000841. The molecule has 168 valence electrons. The summed E-state index contributed by atoms with van der Waals surface area (Å²) < 4.78 is 31.0. The zero-order valence-electron chi connectivity index (χ0n) is 19.3. The molecule has 0 saturated heterocycles. The molecule has 1 rings (SSSR count). The second-order valence-corrected chi connectivity index (χ2v) is 9.70. The summed E-state index contributed by atoms with van der Waals surface area (Å²) >= 11 is 0. The van der Waals surface area contributed by atoms with Crippen LogP contribution in [0.15, 0.2) is 23.1 Å². The van der Waals surface area contributed by atoms with E-state index in [4.69, 9.17) is 4.55 Å². The van der Waals surface area contributed by atoms with E-state index >= 15 is 0 Å². The van der Waals surface area contributed by atoms with Crippen molar-refractivity contribution in [3.8, 4) is 5.75 Å². The van der Waals surface area contributed by atoms with Gasteiger partial charge in [-0.2, -0.15) is 8.42 Å². The summed E-state index contributed by atoms with van der Waals surface area (Å²) in [6, 6.07) is 4.16. The number of unbranched alkanes of at least 4 members (excludes halogenated alkanes) is 15. The van der Waals surface area contributed by atoms with Crippen molar-refractivity contribution in [1.82, 2.24) is 0 Å². The van der Waals surface area contributed by atoms with Crippen molar-refractivity contribution >= 4 is 10.1 Å². The molecule has 0 atom stereocenters. The van der Waals surface area contributed by atoms with E-state index in [0.29, 0.717) is 0 Å². The average Bonchev–Trinajstić information content (AvgIpc) is 2.66. The Morgan fingerprint density at radius 2 is 1.13 bits per heavy atom. The number of hydrogen-bond donors (Lipinski definition) is 1. The van der Waals surface area contributed by atoms with Gasteiger partial charge in [-0.3, -0.25) is 4.55 Å². The Morgan fingerprint density at radius 3 is 1.50 bits per heavy atom. The molecule has 0 fully saturated rings. The summed E-state index contributed by atoms with van der Waals surface area (Å²) in [6.07, 6.45) is 22.0. The molecular formula is C24H41NaO4S. The third kappa shape index (κ3) is 14.9. The van der Waals surface area contributed by atoms with Crippen molar-refractivity contribution in [2.75, 3.05) is 0 Å². The van der Waals surface area contributed by atoms with Gasteiger partial charge in [-0.25, -0.2) is 0 Å². The van der Waals surface area contributed by atoms with E-state index in [1.807, 2.05) is 0 Å². The molecule has 0 radical (unpaired) electrons. The Morgan fingerprint density at radius 1 is 0.733 bits per heavy atom. The van der Waals surface area contributed by atoms with E-state index in [1.54, 1.807) is 6.07 Å². The van der Waals surface area contributed by atoms with Crippen LogP contribution in [0.2, 0.25) is 0 Å². The molecule has 0 aliphatic carbocycles. The molecule has 1 N–H and O–H groups in total. The quantitative estimate of drug-likeness (QED) is 0.210. The number of hydrogen-bond acceptors (Lipinski definition) is 3. The Labute approximate surface area is 207 Å². The largest absolute Gasteiger partial charge is 1.00 e. The fourth-order valence-electron chi connectivity index (χ4n) is 3.80. The van der Waals surface area contributed by atoms with Crippen molar-refractivity contribution in [2.45, 2.75) is 121 Å². The van der Waals surface area contributed by atoms with Gasteiger partial charge in [0.2, 0.25) is 0 Å². The van der Waals surface area contributed by atoms with E-state index in [0.717, 1.165) is 24.8 Å². The first-order valence-corrected chi connectivity index (χ1v) is 13.2. The summed E-state index contributed by atoms with van der Waals surface area (Å²) in [5.74, 6) is -0.624. The Bertz CT molecular complexity index is 647. The number of aryl methyl sites for hydroxylation is 1. The van der Waals surface area contributed by atoms with Crippen molar-refractivity contribution in [2.24, 2.45) is 0 Å². The predicted octanol–water partition coefficient (Wildman–Crippen LogP) is 3.81. The molecule has 0 bridgehead atoms. The minimum Gasteiger partial charge on any atom is -0.872 e. The smallest absolute Gasteiger partial charge is 0.872 e. The first-order valence-electron chi connectivity index (χ1n) is 11.7. The second kappa shape index (κ2) is 18.5. The van der Waals surface area contributed by atoms with E-state index in [2.05, 4.69) is 6.92 Å². The Hall–Kier alpha value is -0.0700. The second-order valence-electron chi connectivity index (χ2n) is 8.31. The summed E-state index contributed by atoms with van der Waals surface area (Å²) in [7, 11) is -4.41. The molecule has 0 aliphatic heterocycles. The SMILES string of the molecule is CCCCCCCCCCCCCCCCCCc1ccc(S(=O)(=O)O)c([O-])c1.[Na+]. The normalized spacial score (nSPS) is 11.4. The van der Waals surface area contributed by atoms with Crippen LogP contribution in [0.1, 0.15) is 115 Å². The first kappa shape index (κ1) is 29.9. The van der Waals surface area contributed by atoms with Crippen molar-refractivity contribution in [1.29, 1.82) is 0 Å². The number of benzene rings is 1. The van der Waals surface area contributed by atoms with Crippen LogP contribution >= 0.6 is 0 Å². The standard InChI is InChI=1S/C24H42O4S.Na/c1-2-3-4-5-6-7-8-9-10-11-12-13-14-15-16-17-18-22-19-20-24(23(25)21-22)29(26,27)28;/h19-21,25H,2-18H2,1H3,(H,26,27,28);/q;+1/p-1. The summed E-state index contributed by atoms with van der Waals surface area (Å²) in [5, 5.41) is 11.7. The minimum absolute atomic E-state index is 0. The first-order chi connectivity index (χ1) is 13.9. The van der Waals surface area contributed by atoms with Gasteiger partial charge in [0, 0.05) is 0 Å². The molecule has 0 unspecified atom stereocenters. The van der Waals surface area contributed by atoms with Gasteiger partial charge >= 0.3 is 29.6 Å². The summed E-state index contributed by atoms with van der Waals surface area (Å²) in [5.41, 5.74) is 0.841. The van der Waals surface area contributed by atoms with Gasteiger partial charge in [0.05, 0.1) is 4.90 Å². The monoisotopic (exact) mass is 448 g/mol. The van der Waals surface area contributed by atoms with Gasteiger partial charge in [-0.1, -0.05) is 121 Å². The fraction of sp³-hybridized carbons (Fsp3) is 0.750. The summed E-state index contributed by atoms with van der Waals surface area (Å²) in [6.45, 7) is 2.27. The molecule has 1 aromatic rings. The Kier molecular flexibility index (Phi) is 18.5. The number of rotatable bonds is 18. The molecule has 0 saturated carbocycles. The van der Waals surface area contributed by atoms with Crippen LogP contribution in [-0.4, -0.2) is 13.0 Å². The van der Waals surface area contributed by atoms with Crippen LogP contribution in [0.3, 0.4) is 0 Å². The molecule has 0 amide bonds. The van der Waals surface area contributed by atoms with Gasteiger partial charge < -0.3 is 5.11 Å². The maximum absolute atomic E-state index is 11.7. The van der Waals surface area contributed by atoms with Gasteiger partial charge in [-0.15, -0.1) is 0 Å². The predicted molar refractivity (Wildman–Crippen MR) is 119 cm³/mol. The molecule has 0 spiro atoms. The molecule has 6 heteroatoms. The average molecular weight is 449 g/mol. The molecule has 30 heavy (non-hydrogen) atoms. The third-order valence-corrected chi connectivity index (χ3v) is 6.50. The molecule has 0 aliphatic rings. The van der Waals surface area contributed by atoms with E-state index in [9.17, 15) is 13.5 Å². The van der Waals surface area contributed by atoms with Crippen LogP contribution < -0.4 is 34.7 Å². The van der Waals surface area contributed by atoms with E-state index in [-0.39, 0.29) is 29.6 Å². The van der Waals surface area contributed by atoms with Crippen LogP contribution in [-0.2, 0) is 16.5 Å². The van der Waals surface area contributed by atoms with Crippen LogP contribution in [0, 0.1) is 0 Å². The zero-order valence-corrected chi connectivity index (χ0v) is 22.1. The third-order valence-electron chi connectivity index (χ3n) is 5.61. The molecule has 1 aromatic carbocycles. The molecule has 0 aromatic heterocycles. The molecule has 4 nitrogen and oxygen atoms in total. The van der Waals surface area contributed by atoms with Gasteiger partial charge in [-0.05, 0) is 24.5 Å². The molecule has 0 heterocycles. The van der Waals surface area contributed by atoms with Gasteiger partial charge in [0.25, 0.3) is 10.1 Å². The van der Waals surface area contributed by atoms with Crippen LogP contribution in [0.25, 0.3) is 0 Å². The van der Waals surface area contributed by atoms with E-state index < -0.39 is 20.8 Å². The van der Waals surface area contributed by atoms with Crippen LogP contribution in [0.4, 0.5) is 0 Å². The maximum atomic E-state index is 11.7. The van der Waals surface area contributed by atoms with Crippen LogP contribution in [0.5, 0.6) is 5.75 Å².